The Morgan fingerprint density at radius 3 is 2.46 bits per heavy atom. The van der Waals surface area contributed by atoms with Crippen LogP contribution < -0.4 is 0 Å². The van der Waals surface area contributed by atoms with Crippen LogP contribution in [0.15, 0.2) is 72.9 Å². The van der Waals surface area contributed by atoms with Crippen LogP contribution in [0.1, 0.15) is 21.5 Å². The lowest BCUT2D eigenvalue weighted by Crippen LogP contribution is -2.01. The van der Waals surface area contributed by atoms with Gasteiger partial charge in [-0.2, -0.15) is 0 Å². The highest BCUT2D eigenvalue weighted by Crippen LogP contribution is 2.19. The van der Waals surface area contributed by atoms with Crippen molar-refractivity contribution in [3.8, 4) is 23.1 Å². The molecule has 0 atom stereocenters. The number of hydrogen-bond donors (Lipinski definition) is 0. The number of carbonyl (C=O) groups excluding carboxylic acids is 1. The number of nitrogens with zero attached hydrogens (tertiary/aromatic N) is 1. The molecule has 1 aromatic heterocycles. The Morgan fingerprint density at radius 1 is 0.917 bits per heavy atom. The Labute approximate surface area is 140 Å². The molecular weight excluding hydrogens is 298 g/mol. The van der Waals surface area contributed by atoms with Crippen LogP contribution in [0.2, 0.25) is 0 Å². The van der Waals surface area contributed by atoms with Crippen molar-refractivity contribution >= 4 is 5.97 Å². The molecule has 0 radical (unpaired) electrons. The number of methoxy groups -OCH3 is 1. The van der Waals surface area contributed by atoms with Crippen LogP contribution in [0.4, 0.5) is 0 Å². The molecule has 0 amide bonds. The monoisotopic (exact) mass is 313 g/mol. The van der Waals surface area contributed by atoms with Crippen molar-refractivity contribution in [2.24, 2.45) is 0 Å². The lowest BCUT2D eigenvalue weighted by molar-refractivity contribution is 0.0600. The van der Waals surface area contributed by atoms with E-state index in [9.17, 15) is 4.79 Å². The van der Waals surface area contributed by atoms with Crippen LogP contribution >= 0.6 is 0 Å². The molecule has 24 heavy (non-hydrogen) atoms. The quantitative estimate of drug-likeness (QED) is 0.531. The molecule has 0 aliphatic carbocycles. The van der Waals surface area contributed by atoms with E-state index in [1.54, 1.807) is 18.3 Å². The number of carbonyl (C=O) groups is 1. The molecule has 0 bridgehead atoms. The van der Waals surface area contributed by atoms with Gasteiger partial charge < -0.3 is 4.74 Å². The molecule has 0 aliphatic heterocycles. The second-order valence-corrected chi connectivity index (χ2v) is 5.12. The summed E-state index contributed by atoms with van der Waals surface area (Å²) in [6.07, 6.45) is 1.60. The van der Waals surface area contributed by atoms with Crippen LogP contribution in [0, 0.1) is 11.8 Å². The molecule has 3 rings (SSSR count). The SMILES string of the molecule is COC(=O)c1ccnc(-c2cccc(C#Cc3ccccc3)c2)c1. The summed E-state index contributed by atoms with van der Waals surface area (Å²) >= 11 is 0. The van der Waals surface area contributed by atoms with Crippen LogP contribution in [-0.4, -0.2) is 18.1 Å². The smallest absolute Gasteiger partial charge is 0.337 e. The van der Waals surface area contributed by atoms with Gasteiger partial charge in [-0.15, -0.1) is 0 Å². The molecule has 0 fully saturated rings. The zero-order valence-electron chi connectivity index (χ0n) is 13.2. The van der Waals surface area contributed by atoms with Crippen molar-refractivity contribution in [3.05, 3.63) is 89.6 Å². The topological polar surface area (TPSA) is 39.2 Å². The Bertz CT molecular complexity index is 921. The normalized spacial score (nSPS) is 9.71. The summed E-state index contributed by atoms with van der Waals surface area (Å²) in [5, 5.41) is 0. The van der Waals surface area contributed by atoms with Gasteiger partial charge in [-0.25, -0.2) is 4.79 Å². The fraction of sp³-hybridized carbons (Fsp3) is 0.0476. The van der Waals surface area contributed by atoms with Gasteiger partial charge in [0.2, 0.25) is 0 Å². The molecule has 0 aliphatic rings. The van der Waals surface area contributed by atoms with Gasteiger partial charge in [-0.05, 0) is 36.4 Å². The van der Waals surface area contributed by atoms with Crippen molar-refractivity contribution in [2.75, 3.05) is 7.11 Å². The first-order chi connectivity index (χ1) is 11.8. The fourth-order valence-corrected chi connectivity index (χ4v) is 2.26. The third-order valence-corrected chi connectivity index (χ3v) is 3.46. The van der Waals surface area contributed by atoms with E-state index < -0.39 is 0 Å². The highest BCUT2D eigenvalue weighted by molar-refractivity contribution is 5.90. The Hall–Kier alpha value is -3.38. The number of benzene rings is 2. The largest absolute Gasteiger partial charge is 0.465 e. The summed E-state index contributed by atoms with van der Waals surface area (Å²) in [6.45, 7) is 0. The van der Waals surface area contributed by atoms with Gasteiger partial charge in [0, 0.05) is 22.9 Å². The van der Waals surface area contributed by atoms with Crippen LogP contribution in [-0.2, 0) is 4.74 Å². The fourth-order valence-electron chi connectivity index (χ4n) is 2.26. The number of aromatic nitrogens is 1. The molecule has 116 valence electrons. The first kappa shape index (κ1) is 15.5. The van der Waals surface area contributed by atoms with Gasteiger partial charge in [0.05, 0.1) is 18.4 Å². The van der Waals surface area contributed by atoms with Crippen molar-refractivity contribution in [1.29, 1.82) is 0 Å². The van der Waals surface area contributed by atoms with Gasteiger partial charge in [-0.3, -0.25) is 4.98 Å². The Kier molecular flexibility index (Phi) is 4.69. The van der Waals surface area contributed by atoms with Crippen LogP contribution in [0.25, 0.3) is 11.3 Å². The molecule has 2 aromatic carbocycles. The number of ether oxygens (including phenoxy) is 1. The summed E-state index contributed by atoms with van der Waals surface area (Å²) < 4.78 is 4.75. The average Bonchev–Trinajstić information content (AvgIpc) is 2.67. The summed E-state index contributed by atoms with van der Waals surface area (Å²) in [5.74, 6) is 5.91. The summed E-state index contributed by atoms with van der Waals surface area (Å²) in [7, 11) is 1.36. The second kappa shape index (κ2) is 7.26. The van der Waals surface area contributed by atoms with Gasteiger partial charge in [0.25, 0.3) is 0 Å². The van der Waals surface area contributed by atoms with E-state index in [2.05, 4.69) is 16.8 Å². The van der Waals surface area contributed by atoms with Crippen molar-refractivity contribution in [2.45, 2.75) is 0 Å². The minimum Gasteiger partial charge on any atom is -0.465 e. The van der Waals surface area contributed by atoms with E-state index in [-0.39, 0.29) is 5.97 Å². The molecule has 3 heteroatoms. The highest BCUT2D eigenvalue weighted by Gasteiger charge is 2.07. The van der Waals surface area contributed by atoms with E-state index in [1.807, 2.05) is 54.6 Å². The average molecular weight is 313 g/mol. The third-order valence-electron chi connectivity index (χ3n) is 3.46. The number of pyridine rings is 1. The maximum atomic E-state index is 11.7. The molecule has 1 heterocycles. The Morgan fingerprint density at radius 2 is 1.67 bits per heavy atom. The zero-order valence-corrected chi connectivity index (χ0v) is 13.2. The lowest BCUT2D eigenvalue weighted by Gasteiger charge is -2.04. The maximum absolute atomic E-state index is 11.7. The lowest BCUT2D eigenvalue weighted by atomic mass is 10.1. The zero-order chi connectivity index (χ0) is 16.8. The molecule has 0 N–H and O–H groups in total. The minimum absolute atomic E-state index is 0.376. The molecule has 0 unspecified atom stereocenters. The highest BCUT2D eigenvalue weighted by atomic mass is 16.5. The van der Waals surface area contributed by atoms with Gasteiger partial charge >= 0.3 is 5.97 Å². The third kappa shape index (κ3) is 3.68. The standard InChI is InChI=1S/C21H15NO2/c1-24-21(23)19-12-13-22-20(15-19)18-9-5-8-17(14-18)11-10-16-6-3-2-4-7-16/h2-9,12-15H,1H3. The molecule has 0 saturated heterocycles. The van der Waals surface area contributed by atoms with Crippen molar-refractivity contribution in [1.82, 2.24) is 4.98 Å². The van der Waals surface area contributed by atoms with E-state index in [0.29, 0.717) is 11.3 Å². The van der Waals surface area contributed by atoms with Gasteiger partial charge in [0.1, 0.15) is 0 Å². The summed E-state index contributed by atoms with van der Waals surface area (Å²) in [5.41, 5.74) is 3.94. The number of esters is 1. The summed E-state index contributed by atoms with van der Waals surface area (Å²) in [4.78, 5) is 16.0. The van der Waals surface area contributed by atoms with Crippen molar-refractivity contribution in [3.63, 3.8) is 0 Å². The van der Waals surface area contributed by atoms with E-state index in [4.69, 9.17) is 4.74 Å². The summed E-state index contributed by atoms with van der Waals surface area (Å²) in [6, 6.07) is 21.0. The predicted molar refractivity (Wildman–Crippen MR) is 93.4 cm³/mol. The predicted octanol–water partition coefficient (Wildman–Crippen LogP) is 3.94. The Balaban J connectivity index is 1.91. The van der Waals surface area contributed by atoms with Crippen LogP contribution in [0.5, 0.6) is 0 Å². The molecule has 0 saturated carbocycles. The second-order valence-electron chi connectivity index (χ2n) is 5.12. The number of hydrogen-bond acceptors (Lipinski definition) is 3. The minimum atomic E-state index is -0.376. The number of rotatable bonds is 2. The van der Waals surface area contributed by atoms with Crippen molar-refractivity contribution < 1.29 is 9.53 Å². The van der Waals surface area contributed by atoms with E-state index >= 15 is 0 Å². The van der Waals surface area contributed by atoms with E-state index in [1.165, 1.54) is 7.11 Å². The molecule has 3 aromatic rings. The first-order valence-corrected chi connectivity index (χ1v) is 7.48. The molecule has 0 spiro atoms. The molecular formula is C21H15NO2. The van der Waals surface area contributed by atoms with Gasteiger partial charge in [-0.1, -0.05) is 42.2 Å². The van der Waals surface area contributed by atoms with Gasteiger partial charge in [0.15, 0.2) is 0 Å². The van der Waals surface area contributed by atoms with E-state index in [0.717, 1.165) is 16.7 Å². The molecule has 3 nitrogen and oxygen atoms in total. The van der Waals surface area contributed by atoms with Crippen LogP contribution in [0.3, 0.4) is 0 Å². The first-order valence-electron chi connectivity index (χ1n) is 7.48. The maximum Gasteiger partial charge on any atom is 0.337 e.